The lowest BCUT2D eigenvalue weighted by molar-refractivity contribution is -0.384. The van der Waals surface area contributed by atoms with Crippen molar-refractivity contribution >= 4 is 17.3 Å². The number of rotatable bonds is 5. The number of nitro groups is 1. The van der Waals surface area contributed by atoms with Gasteiger partial charge in [0.1, 0.15) is 0 Å². The molecule has 0 atom stereocenters. The van der Waals surface area contributed by atoms with Gasteiger partial charge in [0.05, 0.1) is 9.95 Å². The van der Waals surface area contributed by atoms with Crippen LogP contribution in [0.3, 0.4) is 0 Å². The minimum Gasteiger partial charge on any atom is -0.309 e. The predicted octanol–water partition coefficient (Wildman–Crippen LogP) is 3.85. The van der Waals surface area contributed by atoms with Gasteiger partial charge < -0.3 is 5.32 Å². The molecule has 2 aromatic rings. The van der Waals surface area contributed by atoms with Gasteiger partial charge in [0.15, 0.2) is 0 Å². The number of nitrogens with zero attached hydrogens (tertiary/aromatic N) is 1. The maximum absolute atomic E-state index is 10.6. The van der Waals surface area contributed by atoms with Crippen LogP contribution in [0.4, 0.5) is 5.69 Å². The molecule has 0 spiro atoms. The molecular formula is C15H15ClN2O2. The van der Waals surface area contributed by atoms with Crippen LogP contribution >= 0.6 is 11.6 Å². The van der Waals surface area contributed by atoms with Gasteiger partial charge in [-0.25, -0.2) is 0 Å². The zero-order valence-corrected chi connectivity index (χ0v) is 11.9. The van der Waals surface area contributed by atoms with Crippen LogP contribution in [0.25, 0.3) is 0 Å². The third kappa shape index (κ3) is 3.79. The topological polar surface area (TPSA) is 55.2 Å². The van der Waals surface area contributed by atoms with Crippen LogP contribution in [0, 0.1) is 17.0 Å². The van der Waals surface area contributed by atoms with Crippen LogP contribution in [0.5, 0.6) is 0 Å². The fraction of sp³-hybridized carbons (Fsp3) is 0.200. The second-order valence-electron chi connectivity index (χ2n) is 4.63. The smallest absolute Gasteiger partial charge is 0.270 e. The van der Waals surface area contributed by atoms with Crippen molar-refractivity contribution in [3.63, 3.8) is 0 Å². The highest BCUT2D eigenvalue weighted by atomic mass is 35.5. The van der Waals surface area contributed by atoms with Crippen LogP contribution in [-0.4, -0.2) is 4.92 Å². The normalized spacial score (nSPS) is 10.5. The van der Waals surface area contributed by atoms with Crippen molar-refractivity contribution in [3.05, 3.63) is 74.3 Å². The molecule has 0 saturated carbocycles. The van der Waals surface area contributed by atoms with Gasteiger partial charge in [-0.2, -0.15) is 0 Å². The van der Waals surface area contributed by atoms with Crippen molar-refractivity contribution in [1.29, 1.82) is 0 Å². The Morgan fingerprint density at radius 1 is 1.20 bits per heavy atom. The molecule has 2 aromatic carbocycles. The highest BCUT2D eigenvalue weighted by Gasteiger charge is 2.08. The molecule has 4 nitrogen and oxygen atoms in total. The monoisotopic (exact) mass is 290 g/mol. The maximum atomic E-state index is 10.6. The van der Waals surface area contributed by atoms with E-state index >= 15 is 0 Å². The summed E-state index contributed by atoms with van der Waals surface area (Å²) in [5.74, 6) is 0. The van der Waals surface area contributed by atoms with Gasteiger partial charge in [-0.1, -0.05) is 41.4 Å². The predicted molar refractivity (Wildman–Crippen MR) is 79.8 cm³/mol. The average molecular weight is 291 g/mol. The zero-order valence-electron chi connectivity index (χ0n) is 11.1. The van der Waals surface area contributed by atoms with E-state index in [-0.39, 0.29) is 5.69 Å². The van der Waals surface area contributed by atoms with Crippen molar-refractivity contribution < 1.29 is 4.92 Å². The number of aryl methyl sites for hydroxylation is 1. The first-order valence-corrected chi connectivity index (χ1v) is 6.63. The summed E-state index contributed by atoms with van der Waals surface area (Å²) in [7, 11) is 0. The van der Waals surface area contributed by atoms with E-state index in [1.165, 1.54) is 23.3 Å². The first kappa shape index (κ1) is 14.5. The highest BCUT2D eigenvalue weighted by molar-refractivity contribution is 6.31. The molecule has 0 saturated heterocycles. The van der Waals surface area contributed by atoms with E-state index in [4.69, 9.17) is 11.6 Å². The van der Waals surface area contributed by atoms with Gasteiger partial charge >= 0.3 is 0 Å². The highest BCUT2D eigenvalue weighted by Crippen LogP contribution is 2.22. The summed E-state index contributed by atoms with van der Waals surface area (Å²) in [6, 6.07) is 12.8. The molecule has 0 aliphatic carbocycles. The number of halogens is 1. The van der Waals surface area contributed by atoms with Gasteiger partial charge in [0.2, 0.25) is 0 Å². The Kier molecular flexibility index (Phi) is 4.71. The third-order valence-corrected chi connectivity index (χ3v) is 3.33. The van der Waals surface area contributed by atoms with Crippen LogP contribution in [-0.2, 0) is 13.1 Å². The molecule has 0 aliphatic heterocycles. The molecule has 0 heterocycles. The zero-order chi connectivity index (χ0) is 14.5. The molecule has 20 heavy (non-hydrogen) atoms. The fourth-order valence-corrected chi connectivity index (χ4v) is 2.20. The van der Waals surface area contributed by atoms with E-state index in [0.29, 0.717) is 11.6 Å². The van der Waals surface area contributed by atoms with E-state index in [9.17, 15) is 10.1 Å². The van der Waals surface area contributed by atoms with Gasteiger partial charge in [-0.3, -0.25) is 10.1 Å². The van der Waals surface area contributed by atoms with Crippen molar-refractivity contribution in [3.8, 4) is 0 Å². The number of hydrogen-bond acceptors (Lipinski definition) is 3. The molecule has 0 aliphatic rings. The molecule has 1 N–H and O–H groups in total. The summed E-state index contributed by atoms with van der Waals surface area (Å²) in [5, 5.41) is 14.3. The van der Waals surface area contributed by atoms with Crippen LogP contribution in [0.2, 0.25) is 5.02 Å². The van der Waals surface area contributed by atoms with Crippen LogP contribution < -0.4 is 5.32 Å². The van der Waals surface area contributed by atoms with Gasteiger partial charge in [0, 0.05) is 25.2 Å². The van der Waals surface area contributed by atoms with Crippen LogP contribution in [0.1, 0.15) is 16.7 Å². The van der Waals surface area contributed by atoms with E-state index in [1.54, 1.807) is 6.07 Å². The van der Waals surface area contributed by atoms with Crippen molar-refractivity contribution in [2.75, 3.05) is 0 Å². The molecular weight excluding hydrogens is 276 g/mol. The summed E-state index contributed by atoms with van der Waals surface area (Å²) >= 11 is 6.04. The van der Waals surface area contributed by atoms with E-state index in [2.05, 4.69) is 30.4 Å². The molecule has 0 aromatic heterocycles. The molecule has 104 valence electrons. The Labute approximate surface area is 122 Å². The first-order valence-electron chi connectivity index (χ1n) is 6.25. The van der Waals surface area contributed by atoms with E-state index in [1.807, 2.05) is 6.07 Å². The Morgan fingerprint density at radius 3 is 2.65 bits per heavy atom. The summed E-state index contributed by atoms with van der Waals surface area (Å²) in [6.45, 7) is 3.36. The number of nitro benzene ring substituents is 1. The van der Waals surface area contributed by atoms with Crippen LogP contribution in [0.15, 0.2) is 42.5 Å². The Hall–Kier alpha value is -1.91. The molecule has 0 bridgehead atoms. The second-order valence-corrected chi connectivity index (χ2v) is 5.03. The third-order valence-electron chi connectivity index (χ3n) is 2.97. The number of hydrogen-bond donors (Lipinski definition) is 1. The second kappa shape index (κ2) is 6.50. The molecule has 2 rings (SSSR count). The SMILES string of the molecule is Cc1cccc(CNCc2ccc([N+](=O)[O-])cc2Cl)c1. The Morgan fingerprint density at radius 2 is 2.00 bits per heavy atom. The Balaban J connectivity index is 1.96. The van der Waals surface area contributed by atoms with E-state index in [0.717, 1.165) is 12.1 Å². The van der Waals surface area contributed by atoms with Gasteiger partial charge in [-0.15, -0.1) is 0 Å². The van der Waals surface area contributed by atoms with E-state index < -0.39 is 4.92 Å². The maximum Gasteiger partial charge on any atom is 0.270 e. The molecule has 5 heteroatoms. The lowest BCUT2D eigenvalue weighted by Gasteiger charge is -2.07. The minimum absolute atomic E-state index is 0.0115. The van der Waals surface area contributed by atoms with Gasteiger partial charge in [0.25, 0.3) is 5.69 Å². The number of non-ortho nitro benzene ring substituents is 1. The lowest BCUT2D eigenvalue weighted by atomic mass is 10.1. The summed E-state index contributed by atoms with van der Waals surface area (Å²) in [5.41, 5.74) is 3.28. The lowest BCUT2D eigenvalue weighted by Crippen LogP contribution is -2.13. The standard InChI is InChI=1S/C15H15ClN2O2/c1-11-3-2-4-12(7-11)9-17-10-13-5-6-14(18(19)20)8-15(13)16/h2-8,17H,9-10H2,1H3. The summed E-state index contributed by atoms with van der Waals surface area (Å²) in [4.78, 5) is 10.2. The average Bonchev–Trinajstić information content (AvgIpc) is 2.40. The number of nitrogens with one attached hydrogen (secondary N) is 1. The fourth-order valence-electron chi connectivity index (χ4n) is 1.96. The number of benzene rings is 2. The van der Waals surface area contributed by atoms with Crippen molar-refractivity contribution in [2.45, 2.75) is 20.0 Å². The molecule has 0 unspecified atom stereocenters. The Bertz CT molecular complexity index is 629. The molecule has 0 fully saturated rings. The summed E-state index contributed by atoms with van der Waals surface area (Å²) < 4.78 is 0. The summed E-state index contributed by atoms with van der Waals surface area (Å²) in [6.07, 6.45) is 0. The van der Waals surface area contributed by atoms with Crippen molar-refractivity contribution in [2.24, 2.45) is 0 Å². The largest absolute Gasteiger partial charge is 0.309 e. The molecule has 0 radical (unpaired) electrons. The van der Waals surface area contributed by atoms with Gasteiger partial charge in [-0.05, 0) is 24.1 Å². The van der Waals surface area contributed by atoms with Crippen molar-refractivity contribution in [1.82, 2.24) is 5.32 Å². The quantitative estimate of drug-likeness (QED) is 0.672. The molecule has 0 amide bonds. The minimum atomic E-state index is -0.449. The first-order chi connectivity index (χ1) is 9.56.